The lowest BCUT2D eigenvalue weighted by molar-refractivity contribution is -0.122. The first-order valence-electron chi connectivity index (χ1n) is 11.2. The number of anilines is 1. The van der Waals surface area contributed by atoms with Crippen molar-refractivity contribution < 1.29 is 19.1 Å². The van der Waals surface area contributed by atoms with Crippen molar-refractivity contribution in [3.8, 4) is 5.75 Å². The molecule has 2 amide bonds. The van der Waals surface area contributed by atoms with Gasteiger partial charge in [0.2, 0.25) is 0 Å². The second kappa shape index (κ2) is 9.96. The van der Waals surface area contributed by atoms with Crippen LogP contribution in [0.4, 0.5) is 5.69 Å². The highest BCUT2D eigenvalue weighted by Crippen LogP contribution is 2.30. The van der Waals surface area contributed by atoms with E-state index in [9.17, 15) is 9.59 Å². The fourth-order valence-electron chi connectivity index (χ4n) is 4.23. The predicted octanol–water partition coefficient (Wildman–Crippen LogP) is 3.88. The lowest BCUT2D eigenvalue weighted by Gasteiger charge is -2.22. The van der Waals surface area contributed by atoms with E-state index in [-0.39, 0.29) is 17.9 Å². The Bertz CT molecular complexity index is 937. The number of rotatable bonds is 7. The summed E-state index contributed by atoms with van der Waals surface area (Å²) in [4.78, 5) is 25.5. The van der Waals surface area contributed by atoms with Gasteiger partial charge in [-0.05, 0) is 74.8 Å². The molecule has 164 valence electrons. The van der Waals surface area contributed by atoms with Gasteiger partial charge in [0.05, 0.1) is 17.4 Å². The molecule has 2 aliphatic rings. The van der Waals surface area contributed by atoms with Gasteiger partial charge in [-0.3, -0.25) is 9.59 Å². The molecule has 1 saturated heterocycles. The van der Waals surface area contributed by atoms with Crippen molar-refractivity contribution >= 4 is 17.5 Å². The van der Waals surface area contributed by atoms with Crippen LogP contribution in [-0.2, 0) is 22.4 Å². The van der Waals surface area contributed by atoms with Crippen LogP contribution >= 0.6 is 0 Å². The lowest BCUT2D eigenvalue weighted by Crippen LogP contribution is -2.34. The highest BCUT2D eigenvalue weighted by atomic mass is 16.5. The number of fused-ring (bicyclic) bond motifs is 1. The monoisotopic (exact) mass is 422 g/mol. The van der Waals surface area contributed by atoms with Crippen molar-refractivity contribution in [1.82, 2.24) is 5.32 Å². The zero-order chi connectivity index (χ0) is 21.6. The maximum Gasteiger partial charge on any atom is 0.265 e. The fraction of sp³-hybridized carbons (Fsp3) is 0.440. The number of nitrogens with one attached hydrogen (secondary N) is 2. The number of benzene rings is 2. The quantitative estimate of drug-likeness (QED) is 0.710. The van der Waals surface area contributed by atoms with Crippen LogP contribution in [0.2, 0.25) is 0 Å². The summed E-state index contributed by atoms with van der Waals surface area (Å²) in [5, 5.41) is 5.77. The molecular formula is C25H30N2O4. The van der Waals surface area contributed by atoms with Gasteiger partial charge in [0.1, 0.15) is 5.75 Å². The highest BCUT2D eigenvalue weighted by Gasteiger charge is 2.22. The molecule has 1 heterocycles. The molecule has 1 aliphatic carbocycles. The summed E-state index contributed by atoms with van der Waals surface area (Å²) < 4.78 is 11.6. The van der Waals surface area contributed by atoms with Crippen molar-refractivity contribution in [2.45, 2.75) is 57.7 Å². The van der Waals surface area contributed by atoms with Gasteiger partial charge in [0, 0.05) is 13.2 Å². The molecule has 0 aromatic heterocycles. The zero-order valence-electron chi connectivity index (χ0n) is 18.0. The molecule has 6 nitrogen and oxygen atoms in total. The van der Waals surface area contributed by atoms with E-state index in [1.165, 1.54) is 17.5 Å². The number of hydrogen-bond donors (Lipinski definition) is 2. The van der Waals surface area contributed by atoms with Crippen LogP contribution in [0.25, 0.3) is 0 Å². The summed E-state index contributed by atoms with van der Waals surface area (Å²) in [5.74, 6) is 0.271. The molecule has 6 heteroatoms. The Kier molecular flexibility index (Phi) is 6.87. The Balaban J connectivity index is 1.40. The SMILES string of the molecule is C[C@@H](Oc1cccc2c1CCCC2)C(=O)Nc1ccccc1C(=O)NC[C@@H]1CCCO1. The summed E-state index contributed by atoms with van der Waals surface area (Å²) in [7, 11) is 0. The second-order valence-electron chi connectivity index (χ2n) is 8.24. The summed E-state index contributed by atoms with van der Waals surface area (Å²) >= 11 is 0. The lowest BCUT2D eigenvalue weighted by atomic mass is 9.91. The van der Waals surface area contributed by atoms with Crippen molar-refractivity contribution in [2.24, 2.45) is 0 Å². The Labute approximate surface area is 183 Å². The largest absolute Gasteiger partial charge is 0.481 e. The first-order chi connectivity index (χ1) is 15.1. The Morgan fingerprint density at radius 2 is 1.94 bits per heavy atom. The third-order valence-electron chi connectivity index (χ3n) is 5.97. The molecule has 4 rings (SSSR count). The van der Waals surface area contributed by atoms with Crippen LogP contribution in [0.15, 0.2) is 42.5 Å². The molecule has 0 unspecified atom stereocenters. The Hall–Kier alpha value is -2.86. The fourth-order valence-corrected chi connectivity index (χ4v) is 4.23. The van der Waals surface area contributed by atoms with Crippen LogP contribution in [0.1, 0.15) is 54.1 Å². The van der Waals surface area contributed by atoms with E-state index < -0.39 is 6.10 Å². The number of hydrogen-bond acceptors (Lipinski definition) is 4. The molecular weight excluding hydrogens is 392 g/mol. The van der Waals surface area contributed by atoms with E-state index in [0.29, 0.717) is 17.8 Å². The van der Waals surface area contributed by atoms with Gasteiger partial charge < -0.3 is 20.1 Å². The van der Waals surface area contributed by atoms with Gasteiger partial charge >= 0.3 is 0 Å². The van der Waals surface area contributed by atoms with Crippen LogP contribution in [-0.4, -0.2) is 37.2 Å². The number of para-hydroxylation sites is 1. The van der Waals surface area contributed by atoms with E-state index in [4.69, 9.17) is 9.47 Å². The number of ether oxygens (including phenoxy) is 2. The van der Waals surface area contributed by atoms with Crippen LogP contribution in [0.5, 0.6) is 5.75 Å². The van der Waals surface area contributed by atoms with Gasteiger partial charge in [-0.25, -0.2) is 0 Å². The Morgan fingerprint density at radius 3 is 2.77 bits per heavy atom. The summed E-state index contributed by atoms with van der Waals surface area (Å²) in [6, 6.07) is 13.1. The average molecular weight is 423 g/mol. The maximum atomic E-state index is 12.8. The van der Waals surface area contributed by atoms with Crippen LogP contribution < -0.4 is 15.4 Å². The van der Waals surface area contributed by atoms with Crippen LogP contribution in [0.3, 0.4) is 0 Å². The maximum absolute atomic E-state index is 12.8. The smallest absolute Gasteiger partial charge is 0.265 e. The standard InChI is InChI=1S/C25H30N2O4/c1-17(31-23-14-6-9-18-8-2-3-11-20(18)23)24(28)27-22-13-5-4-12-21(22)25(29)26-16-19-10-7-15-30-19/h4-6,9,12-14,17,19H,2-3,7-8,10-11,15-16H2,1H3,(H,26,29)(H,27,28)/t17-,19+/m1/s1. The molecule has 0 bridgehead atoms. The molecule has 0 radical (unpaired) electrons. The third kappa shape index (κ3) is 5.25. The predicted molar refractivity (Wildman–Crippen MR) is 120 cm³/mol. The first-order valence-corrected chi connectivity index (χ1v) is 11.2. The third-order valence-corrected chi connectivity index (χ3v) is 5.97. The molecule has 0 saturated carbocycles. The molecule has 2 aromatic rings. The highest BCUT2D eigenvalue weighted by molar-refractivity contribution is 6.04. The molecule has 2 atom stereocenters. The van der Waals surface area contributed by atoms with E-state index >= 15 is 0 Å². The molecule has 1 aliphatic heterocycles. The summed E-state index contributed by atoms with van der Waals surface area (Å²) in [6.07, 6.45) is 5.73. The number of carbonyl (C=O) groups is 2. The summed E-state index contributed by atoms with van der Waals surface area (Å²) in [6.45, 7) is 2.95. The minimum absolute atomic E-state index is 0.0657. The van der Waals surface area contributed by atoms with Gasteiger partial charge in [-0.2, -0.15) is 0 Å². The van der Waals surface area contributed by atoms with Crippen molar-refractivity contribution in [3.05, 3.63) is 59.2 Å². The van der Waals surface area contributed by atoms with Gasteiger partial charge in [0.15, 0.2) is 6.10 Å². The average Bonchev–Trinajstić information content (AvgIpc) is 3.32. The Morgan fingerprint density at radius 1 is 1.10 bits per heavy atom. The minimum Gasteiger partial charge on any atom is -0.481 e. The zero-order valence-corrected chi connectivity index (χ0v) is 18.0. The topological polar surface area (TPSA) is 76.7 Å². The number of carbonyl (C=O) groups excluding carboxylic acids is 2. The number of amides is 2. The van der Waals surface area contributed by atoms with Crippen molar-refractivity contribution in [3.63, 3.8) is 0 Å². The molecule has 2 N–H and O–H groups in total. The van der Waals surface area contributed by atoms with Gasteiger partial charge in [-0.1, -0.05) is 24.3 Å². The summed E-state index contributed by atoms with van der Waals surface area (Å²) in [5.41, 5.74) is 3.42. The van der Waals surface area contributed by atoms with Crippen LogP contribution in [0, 0.1) is 0 Å². The van der Waals surface area contributed by atoms with Crippen molar-refractivity contribution in [1.29, 1.82) is 0 Å². The van der Waals surface area contributed by atoms with E-state index in [0.717, 1.165) is 44.5 Å². The normalized spacial score (nSPS) is 18.7. The minimum atomic E-state index is -0.684. The molecule has 0 spiro atoms. The van der Waals surface area contributed by atoms with E-state index in [2.05, 4.69) is 16.7 Å². The molecule has 1 fully saturated rings. The van der Waals surface area contributed by atoms with Gasteiger partial charge in [0.25, 0.3) is 11.8 Å². The molecule has 31 heavy (non-hydrogen) atoms. The van der Waals surface area contributed by atoms with Gasteiger partial charge in [-0.15, -0.1) is 0 Å². The molecule has 2 aromatic carbocycles. The second-order valence-corrected chi connectivity index (χ2v) is 8.24. The van der Waals surface area contributed by atoms with Crippen molar-refractivity contribution in [2.75, 3.05) is 18.5 Å². The number of aryl methyl sites for hydroxylation is 1. The van der Waals surface area contributed by atoms with E-state index in [1.807, 2.05) is 12.1 Å². The van der Waals surface area contributed by atoms with E-state index in [1.54, 1.807) is 31.2 Å². The first kappa shape index (κ1) is 21.4.